The van der Waals surface area contributed by atoms with Gasteiger partial charge >= 0.3 is 0 Å². The predicted octanol–water partition coefficient (Wildman–Crippen LogP) is 1.87. The van der Waals surface area contributed by atoms with Gasteiger partial charge in [-0.3, -0.25) is 0 Å². The summed E-state index contributed by atoms with van der Waals surface area (Å²) in [6.45, 7) is 3.87. The Kier molecular flexibility index (Phi) is 17.5. The zero-order valence-corrected chi connectivity index (χ0v) is 14.2. The third-order valence-corrected chi connectivity index (χ3v) is 3.83. The molecule has 19 heavy (non-hydrogen) atoms. The Balaban J connectivity index is 3.08. The quantitative estimate of drug-likeness (QED) is 0.258. The maximum Gasteiger partial charge on any atom is 0.0703 e. The molecule has 7 heteroatoms. The van der Waals surface area contributed by atoms with Crippen molar-refractivity contribution in [1.29, 1.82) is 0 Å². The molecule has 0 radical (unpaired) electrons. The van der Waals surface area contributed by atoms with Crippen molar-refractivity contribution in [3.63, 3.8) is 0 Å². The molecule has 0 saturated heterocycles. The summed E-state index contributed by atoms with van der Waals surface area (Å²) < 4.78 is 16.1. The topological polar surface area (TPSA) is 47.9 Å². The molecule has 0 bridgehead atoms. The van der Waals surface area contributed by atoms with Crippen LogP contribution in [-0.4, -0.2) is 73.3 Å². The fourth-order valence-electron chi connectivity index (χ4n) is 1.10. The highest BCUT2D eigenvalue weighted by molar-refractivity contribution is 7.98. The molecule has 4 nitrogen and oxygen atoms in total. The van der Waals surface area contributed by atoms with Gasteiger partial charge in [0.2, 0.25) is 0 Å². The lowest BCUT2D eigenvalue weighted by atomic mass is 10.5. The Morgan fingerprint density at radius 3 is 2.21 bits per heavy atom. The van der Waals surface area contributed by atoms with Crippen LogP contribution >= 0.6 is 35.7 Å². The van der Waals surface area contributed by atoms with E-state index in [-0.39, 0.29) is 0 Å². The van der Waals surface area contributed by atoms with Crippen molar-refractivity contribution in [2.45, 2.75) is 6.42 Å². The van der Waals surface area contributed by atoms with Crippen molar-refractivity contribution in [3.05, 3.63) is 0 Å². The van der Waals surface area contributed by atoms with Gasteiger partial charge in [0, 0.05) is 17.9 Å². The Morgan fingerprint density at radius 1 is 1.05 bits per heavy atom. The lowest BCUT2D eigenvalue weighted by Crippen LogP contribution is -2.11. The number of hydrogen-bond donors (Lipinski definition) is 3. The van der Waals surface area contributed by atoms with E-state index in [1.165, 1.54) is 0 Å². The van der Waals surface area contributed by atoms with Crippen molar-refractivity contribution in [1.82, 2.24) is 0 Å². The summed E-state index contributed by atoms with van der Waals surface area (Å²) in [7, 11) is 0. The number of rotatable bonds is 14. The van der Waals surface area contributed by atoms with Crippen molar-refractivity contribution in [2.24, 2.45) is 0 Å². The standard InChI is InChI=1S/C12H26O4S3/c1-18-10-7-15-5-3-14-4-6-16-8-11-19-12(13)2-9-17/h13,17,19H,2-11H2,1H3. The van der Waals surface area contributed by atoms with Gasteiger partial charge in [0.05, 0.1) is 44.7 Å². The summed E-state index contributed by atoms with van der Waals surface area (Å²) in [5.74, 6) is 2.53. The first-order valence-corrected chi connectivity index (χ1v) is 9.47. The molecule has 0 fully saturated rings. The molecule has 0 aliphatic heterocycles. The van der Waals surface area contributed by atoms with E-state index in [2.05, 4.69) is 18.9 Å². The Labute approximate surface area is 129 Å². The van der Waals surface area contributed by atoms with Gasteiger partial charge in [0.15, 0.2) is 0 Å². The zero-order valence-electron chi connectivity index (χ0n) is 11.5. The summed E-state index contributed by atoms with van der Waals surface area (Å²) in [4.78, 5) is 0. The summed E-state index contributed by atoms with van der Waals surface area (Å²) in [6.07, 6.45) is 2.72. The maximum absolute atomic E-state index is 9.37. The molecule has 116 valence electrons. The van der Waals surface area contributed by atoms with Gasteiger partial charge in [-0.25, -0.2) is 0 Å². The molecule has 0 aliphatic carbocycles. The molecule has 0 saturated carbocycles. The van der Waals surface area contributed by atoms with Gasteiger partial charge < -0.3 is 19.3 Å². The molecule has 0 amide bonds. The van der Waals surface area contributed by atoms with Gasteiger partial charge in [0.25, 0.3) is 0 Å². The van der Waals surface area contributed by atoms with Crippen LogP contribution < -0.4 is 0 Å². The van der Waals surface area contributed by atoms with Crippen LogP contribution in [0.15, 0.2) is 0 Å². The average molecular weight is 331 g/mol. The molecule has 1 N–H and O–H groups in total. The molecule has 0 aromatic carbocycles. The third-order valence-electron chi connectivity index (χ3n) is 2.04. The predicted molar refractivity (Wildman–Crippen MR) is 90.8 cm³/mol. The molecule has 0 aliphatic rings. The number of ether oxygens (including phenoxy) is 3. The van der Waals surface area contributed by atoms with Gasteiger partial charge in [-0.2, -0.15) is 35.7 Å². The van der Waals surface area contributed by atoms with Gasteiger partial charge in [-0.05, 0) is 12.0 Å². The van der Waals surface area contributed by atoms with Crippen LogP contribution in [0.25, 0.3) is 0 Å². The average Bonchev–Trinajstić information content (AvgIpc) is 2.40. The van der Waals surface area contributed by atoms with Crippen LogP contribution in [-0.2, 0) is 14.2 Å². The number of thioether (sulfide) groups is 1. The normalized spacial score (nSPS) is 12.5. The van der Waals surface area contributed by atoms with E-state index in [1.807, 2.05) is 0 Å². The van der Waals surface area contributed by atoms with Crippen LogP contribution in [0.3, 0.4) is 0 Å². The zero-order chi connectivity index (χ0) is 14.2. The second kappa shape index (κ2) is 16.8. The van der Waals surface area contributed by atoms with Crippen molar-refractivity contribution >= 4 is 40.8 Å². The number of aliphatic hydroxyl groups excluding tert-OH is 1. The summed E-state index contributed by atoms with van der Waals surface area (Å²) >= 11 is 6.77. The largest absolute Gasteiger partial charge is 0.378 e. The second-order valence-corrected chi connectivity index (χ2v) is 6.31. The van der Waals surface area contributed by atoms with E-state index >= 15 is 0 Å². The second-order valence-electron chi connectivity index (χ2n) is 3.60. The number of aliphatic hydroxyl groups is 1. The molecule has 0 atom stereocenters. The van der Waals surface area contributed by atoms with Gasteiger partial charge in [0.1, 0.15) is 0 Å². The minimum atomic E-state index is 0.484. The fourth-order valence-corrected chi connectivity index (χ4v) is 2.52. The smallest absolute Gasteiger partial charge is 0.0703 e. The van der Waals surface area contributed by atoms with Crippen LogP contribution in [0.1, 0.15) is 6.42 Å². The van der Waals surface area contributed by atoms with Crippen molar-refractivity contribution in [2.75, 3.05) is 63.2 Å². The summed E-state index contributed by atoms with van der Waals surface area (Å²) in [6, 6.07) is 0. The van der Waals surface area contributed by atoms with Crippen LogP contribution in [0, 0.1) is 0 Å². The Bertz CT molecular complexity index is 215. The monoisotopic (exact) mass is 330 g/mol. The molecule has 0 aromatic heterocycles. The first kappa shape index (κ1) is 19.8. The van der Waals surface area contributed by atoms with Crippen LogP contribution in [0.5, 0.6) is 0 Å². The summed E-state index contributed by atoms with van der Waals surface area (Å²) in [5.41, 5.74) is 0. The van der Waals surface area contributed by atoms with Crippen LogP contribution in [0.2, 0.25) is 0 Å². The van der Waals surface area contributed by atoms with E-state index in [9.17, 15) is 5.11 Å². The van der Waals surface area contributed by atoms with E-state index < -0.39 is 0 Å². The minimum Gasteiger partial charge on any atom is -0.378 e. The fraction of sp³-hybridized carbons (Fsp3) is 0.917. The first-order chi connectivity index (χ1) is 9.31. The van der Waals surface area contributed by atoms with E-state index in [1.54, 1.807) is 11.8 Å². The van der Waals surface area contributed by atoms with Gasteiger partial charge in [-0.15, -0.1) is 0 Å². The first-order valence-electron chi connectivity index (χ1n) is 6.36. The maximum atomic E-state index is 9.37. The molecule has 0 unspecified atom stereocenters. The molecular weight excluding hydrogens is 304 g/mol. The lowest BCUT2D eigenvalue weighted by Gasteiger charge is -2.06. The summed E-state index contributed by atoms with van der Waals surface area (Å²) in [5, 5.41) is 9.85. The van der Waals surface area contributed by atoms with Crippen molar-refractivity contribution < 1.29 is 19.3 Å². The van der Waals surface area contributed by atoms with Crippen LogP contribution in [0.4, 0.5) is 0 Å². The van der Waals surface area contributed by atoms with E-state index in [4.69, 9.17) is 14.2 Å². The SMILES string of the molecule is CSCCOCCOCCOCC[SH]=C(O)CCS. The molecular formula is C12H26O4S3. The van der Waals surface area contributed by atoms with E-state index in [0.717, 1.165) is 29.5 Å². The molecule has 0 heterocycles. The number of thiol groups is 2. The molecule has 0 aromatic rings. The number of hydrogen-bond acceptors (Lipinski definition) is 5. The van der Waals surface area contributed by atoms with Crippen molar-refractivity contribution in [3.8, 4) is 0 Å². The highest BCUT2D eigenvalue weighted by atomic mass is 32.2. The van der Waals surface area contributed by atoms with E-state index in [0.29, 0.717) is 50.3 Å². The third kappa shape index (κ3) is 16.7. The van der Waals surface area contributed by atoms with Gasteiger partial charge in [-0.1, -0.05) is 0 Å². The lowest BCUT2D eigenvalue weighted by molar-refractivity contribution is 0.0205. The minimum absolute atomic E-state index is 0.484. The highest BCUT2D eigenvalue weighted by Crippen LogP contribution is 1.95. The Hall–Kier alpha value is 0.760. The Morgan fingerprint density at radius 2 is 1.63 bits per heavy atom. The molecule has 0 rings (SSSR count). The molecule has 0 spiro atoms. The highest BCUT2D eigenvalue weighted by Gasteiger charge is 1.92.